The predicted molar refractivity (Wildman–Crippen MR) is 82.9 cm³/mol. The van der Waals surface area contributed by atoms with E-state index in [1.807, 2.05) is 0 Å². The summed E-state index contributed by atoms with van der Waals surface area (Å²) >= 11 is 11.6. The van der Waals surface area contributed by atoms with Crippen LogP contribution in [0.4, 0.5) is 11.4 Å². The van der Waals surface area contributed by atoms with Gasteiger partial charge in [0.1, 0.15) is 4.90 Å². The fourth-order valence-corrected chi connectivity index (χ4v) is 3.43. The number of rotatable bonds is 3. The van der Waals surface area contributed by atoms with Gasteiger partial charge in [-0.3, -0.25) is 4.72 Å². The lowest BCUT2D eigenvalue weighted by atomic mass is 10.2. The van der Waals surface area contributed by atoms with Gasteiger partial charge < -0.3 is 5.73 Å². The van der Waals surface area contributed by atoms with E-state index in [-0.39, 0.29) is 10.6 Å². The zero-order valence-electron chi connectivity index (χ0n) is 10.5. The molecule has 0 saturated carbocycles. The number of hydrogen-bond acceptors (Lipinski definition) is 3. The van der Waals surface area contributed by atoms with E-state index >= 15 is 0 Å². The average molecular weight is 331 g/mol. The Labute approximate surface area is 127 Å². The second kappa shape index (κ2) is 5.52. The molecule has 4 nitrogen and oxygen atoms in total. The summed E-state index contributed by atoms with van der Waals surface area (Å²) in [7, 11) is -3.80. The standard InChI is InChI=1S/C13H12Cl2N2O2S/c1-8-6-9(14)3-5-12(8)17-20(18,19)13-7-10(15)2-4-11(13)16/h2-7,17H,16H2,1H3. The van der Waals surface area contributed by atoms with Crippen LogP contribution in [0.2, 0.25) is 10.0 Å². The molecule has 3 N–H and O–H groups in total. The van der Waals surface area contributed by atoms with Gasteiger partial charge in [-0.1, -0.05) is 23.2 Å². The molecule has 2 aromatic carbocycles. The molecule has 0 aliphatic carbocycles. The molecule has 0 saturated heterocycles. The molecule has 0 amide bonds. The lowest BCUT2D eigenvalue weighted by molar-refractivity contribution is 0.601. The molecule has 0 bridgehead atoms. The van der Waals surface area contributed by atoms with Crippen LogP contribution in [-0.2, 0) is 10.0 Å². The van der Waals surface area contributed by atoms with Crippen LogP contribution in [0.5, 0.6) is 0 Å². The highest BCUT2D eigenvalue weighted by Crippen LogP contribution is 2.27. The number of aryl methyl sites for hydroxylation is 1. The van der Waals surface area contributed by atoms with Gasteiger partial charge in [0.05, 0.1) is 11.4 Å². The third kappa shape index (κ3) is 3.17. The van der Waals surface area contributed by atoms with Crippen LogP contribution in [-0.4, -0.2) is 8.42 Å². The van der Waals surface area contributed by atoms with Crippen molar-refractivity contribution in [1.82, 2.24) is 0 Å². The summed E-state index contributed by atoms with van der Waals surface area (Å²) in [5.74, 6) is 0. The molecule has 0 aliphatic heterocycles. The monoisotopic (exact) mass is 330 g/mol. The van der Waals surface area contributed by atoms with Crippen LogP contribution >= 0.6 is 23.2 Å². The van der Waals surface area contributed by atoms with Gasteiger partial charge in [-0.2, -0.15) is 0 Å². The molecule has 0 unspecified atom stereocenters. The fraction of sp³-hybridized carbons (Fsp3) is 0.0769. The second-order valence-electron chi connectivity index (χ2n) is 4.25. The number of benzene rings is 2. The third-order valence-corrected chi connectivity index (χ3v) is 4.59. The summed E-state index contributed by atoms with van der Waals surface area (Å²) in [5, 5.41) is 0.833. The van der Waals surface area contributed by atoms with E-state index in [4.69, 9.17) is 28.9 Å². The van der Waals surface area contributed by atoms with E-state index < -0.39 is 10.0 Å². The number of nitrogen functional groups attached to an aromatic ring is 1. The molecule has 0 radical (unpaired) electrons. The summed E-state index contributed by atoms with van der Waals surface area (Å²) in [6.45, 7) is 1.76. The van der Waals surface area contributed by atoms with Crippen molar-refractivity contribution in [2.75, 3.05) is 10.5 Å². The first-order chi connectivity index (χ1) is 9.29. The highest BCUT2D eigenvalue weighted by molar-refractivity contribution is 7.92. The molecule has 0 aliphatic rings. The Balaban J connectivity index is 2.43. The van der Waals surface area contributed by atoms with Crippen molar-refractivity contribution < 1.29 is 8.42 Å². The second-order valence-corrected chi connectivity index (χ2v) is 6.77. The number of sulfonamides is 1. The Bertz CT molecular complexity index is 761. The number of nitrogens with two attached hydrogens (primary N) is 1. The van der Waals surface area contributed by atoms with Crippen molar-refractivity contribution in [2.45, 2.75) is 11.8 Å². The molecule has 20 heavy (non-hydrogen) atoms. The van der Waals surface area contributed by atoms with Crippen LogP contribution in [0.3, 0.4) is 0 Å². The Hall–Kier alpha value is -1.43. The molecule has 0 fully saturated rings. The van der Waals surface area contributed by atoms with Gasteiger partial charge >= 0.3 is 0 Å². The fourth-order valence-electron chi connectivity index (χ4n) is 1.68. The predicted octanol–water partition coefficient (Wildman–Crippen LogP) is 3.68. The average Bonchev–Trinajstić information content (AvgIpc) is 2.35. The van der Waals surface area contributed by atoms with Gasteiger partial charge in [-0.05, 0) is 48.9 Å². The van der Waals surface area contributed by atoms with E-state index in [1.165, 1.54) is 18.2 Å². The Kier molecular flexibility index (Phi) is 4.13. The topological polar surface area (TPSA) is 72.2 Å². The number of hydrogen-bond donors (Lipinski definition) is 2. The molecule has 0 heterocycles. The van der Waals surface area contributed by atoms with Gasteiger partial charge in [0.2, 0.25) is 0 Å². The van der Waals surface area contributed by atoms with Gasteiger partial charge in [-0.25, -0.2) is 8.42 Å². The normalized spacial score (nSPS) is 11.3. The van der Waals surface area contributed by atoms with E-state index in [0.717, 1.165) is 0 Å². The summed E-state index contributed by atoms with van der Waals surface area (Å²) in [6, 6.07) is 9.16. The molecule has 0 aromatic heterocycles. The summed E-state index contributed by atoms with van der Waals surface area (Å²) in [5.41, 5.74) is 6.97. The Morgan fingerprint density at radius 1 is 1.05 bits per heavy atom. The minimum Gasteiger partial charge on any atom is -0.398 e. The maximum atomic E-state index is 12.3. The van der Waals surface area contributed by atoms with Gasteiger partial charge in [0.15, 0.2) is 0 Å². The molecular formula is C13H12Cl2N2O2S. The molecule has 2 aromatic rings. The van der Waals surface area contributed by atoms with E-state index in [1.54, 1.807) is 25.1 Å². The van der Waals surface area contributed by atoms with Crippen LogP contribution in [0.25, 0.3) is 0 Å². The van der Waals surface area contributed by atoms with Gasteiger partial charge in [-0.15, -0.1) is 0 Å². The van der Waals surface area contributed by atoms with E-state index in [2.05, 4.69) is 4.72 Å². The van der Waals surface area contributed by atoms with Crippen LogP contribution in [0.1, 0.15) is 5.56 Å². The SMILES string of the molecule is Cc1cc(Cl)ccc1NS(=O)(=O)c1cc(Cl)ccc1N. The van der Waals surface area contributed by atoms with Crippen molar-refractivity contribution in [1.29, 1.82) is 0 Å². The number of halogens is 2. The first-order valence-corrected chi connectivity index (χ1v) is 7.87. The van der Waals surface area contributed by atoms with Crippen molar-refractivity contribution in [3.8, 4) is 0 Å². The zero-order chi connectivity index (χ0) is 14.9. The zero-order valence-corrected chi connectivity index (χ0v) is 12.9. The summed E-state index contributed by atoms with van der Waals surface area (Å²) in [4.78, 5) is -0.0562. The minimum atomic E-state index is -3.80. The third-order valence-electron chi connectivity index (χ3n) is 2.70. The Morgan fingerprint density at radius 3 is 2.30 bits per heavy atom. The highest BCUT2D eigenvalue weighted by atomic mass is 35.5. The molecule has 2 rings (SSSR count). The number of nitrogens with one attached hydrogen (secondary N) is 1. The van der Waals surface area contributed by atoms with Crippen LogP contribution < -0.4 is 10.5 Å². The van der Waals surface area contributed by atoms with Crippen molar-refractivity contribution in [3.63, 3.8) is 0 Å². The van der Waals surface area contributed by atoms with Crippen LogP contribution in [0.15, 0.2) is 41.3 Å². The van der Waals surface area contributed by atoms with Crippen molar-refractivity contribution in [2.24, 2.45) is 0 Å². The Morgan fingerprint density at radius 2 is 1.65 bits per heavy atom. The molecule has 0 spiro atoms. The van der Waals surface area contributed by atoms with Crippen molar-refractivity contribution >= 4 is 44.6 Å². The maximum Gasteiger partial charge on any atom is 0.264 e. The maximum absolute atomic E-state index is 12.3. The quantitative estimate of drug-likeness (QED) is 0.843. The van der Waals surface area contributed by atoms with Gasteiger partial charge in [0.25, 0.3) is 10.0 Å². The lowest BCUT2D eigenvalue weighted by Gasteiger charge is -2.12. The number of anilines is 2. The van der Waals surface area contributed by atoms with Crippen LogP contribution in [0, 0.1) is 6.92 Å². The largest absolute Gasteiger partial charge is 0.398 e. The highest BCUT2D eigenvalue weighted by Gasteiger charge is 2.18. The smallest absolute Gasteiger partial charge is 0.264 e. The molecular weight excluding hydrogens is 319 g/mol. The molecule has 106 valence electrons. The van der Waals surface area contributed by atoms with Crippen molar-refractivity contribution in [3.05, 3.63) is 52.0 Å². The first kappa shape index (κ1) is 15.0. The lowest BCUT2D eigenvalue weighted by Crippen LogP contribution is -2.15. The molecule has 0 atom stereocenters. The minimum absolute atomic E-state index is 0.0562. The van der Waals surface area contributed by atoms with E-state index in [0.29, 0.717) is 21.3 Å². The first-order valence-electron chi connectivity index (χ1n) is 5.63. The van der Waals surface area contributed by atoms with E-state index in [9.17, 15) is 8.42 Å². The summed E-state index contributed by atoms with van der Waals surface area (Å²) < 4.78 is 27.1. The van der Waals surface area contributed by atoms with Gasteiger partial charge in [0, 0.05) is 10.0 Å². The summed E-state index contributed by atoms with van der Waals surface area (Å²) in [6.07, 6.45) is 0. The molecule has 7 heteroatoms.